The number of hydrogen-bond donors (Lipinski definition) is 1. The average Bonchev–Trinajstić information content (AvgIpc) is 2.70. The third-order valence-corrected chi connectivity index (χ3v) is 5.28. The average molecular weight is 424 g/mol. The molecule has 0 atom stereocenters. The smallest absolute Gasteiger partial charge is 0.174 e. The number of benzene rings is 2. The molecule has 5 heteroatoms. The van der Waals surface area contributed by atoms with E-state index in [9.17, 15) is 0 Å². The molecule has 3 nitrogen and oxygen atoms in total. The zero-order valence-corrected chi connectivity index (χ0v) is 18.6. The molecule has 0 aliphatic rings. The highest BCUT2D eigenvalue weighted by Gasteiger charge is 2.15. The summed E-state index contributed by atoms with van der Waals surface area (Å²) < 4.78 is 0. The van der Waals surface area contributed by atoms with E-state index in [1.165, 1.54) is 11.1 Å². The van der Waals surface area contributed by atoms with E-state index in [0.29, 0.717) is 23.2 Å². The van der Waals surface area contributed by atoms with Crippen molar-refractivity contribution in [2.24, 2.45) is 0 Å². The number of nitrogens with one attached hydrogen (secondary N) is 1. The van der Waals surface area contributed by atoms with Crippen LogP contribution in [0.15, 0.2) is 73.1 Å². The van der Waals surface area contributed by atoms with Gasteiger partial charge in [-0.3, -0.25) is 4.98 Å². The second kappa shape index (κ2) is 9.38. The molecule has 3 rings (SSSR count). The van der Waals surface area contributed by atoms with Gasteiger partial charge in [0.1, 0.15) is 0 Å². The van der Waals surface area contributed by atoms with Crippen LogP contribution < -0.4 is 5.32 Å². The fourth-order valence-corrected chi connectivity index (χ4v) is 3.35. The fourth-order valence-electron chi connectivity index (χ4n) is 2.98. The lowest BCUT2D eigenvalue weighted by Gasteiger charge is -2.27. The van der Waals surface area contributed by atoms with E-state index in [1.807, 2.05) is 36.5 Å². The number of pyridine rings is 1. The van der Waals surface area contributed by atoms with Gasteiger partial charge in [0.15, 0.2) is 5.11 Å². The van der Waals surface area contributed by atoms with Crippen molar-refractivity contribution in [2.75, 3.05) is 5.32 Å². The largest absolute Gasteiger partial charge is 0.340 e. The molecule has 0 fully saturated rings. The van der Waals surface area contributed by atoms with Gasteiger partial charge in [-0.1, -0.05) is 62.7 Å². The van der Waals surface area contributed by atoms with E-state index < -0.39 is 0 Å². The second-order valence-corrected chi connectivity index (χ2v) is 8.92. The summed E-state index contributed by atoms with van der Waals surface area (Å²) in [4.78, 5) is 6.38. The normalized spacial score (nSPS) is 11.2. The molecule has 1 heterocycles. The molecule has 0 radical (unpaired) electrons. The Morgan fingerprint density at radius 1 is 0.966 bits per heavy atom. The molecule has 0 aliphatic heterocycles. The number of thiocarbonyl (C=S) groups is 1. The third kappa shape index (κ3) is 6.28. The first kappa shape index (κ1) is 21.3. The first-order chi connectivity index (χ1) is 13.8. The monoisotopic (exact) mass is 423 g/mol. The topological polar surface area (TPSA) is 28.2 Å². The lowest BCUT2D eigenvalue weighted by atomic mass is 9.87. The molecule has 0 amide bonds. The van der Waals surface area contributed by atoms with Gasteiger partial charge in [-0.2, -0.15) is 0 Å². The summed E-state index contributed by atoms with van der Waals surface area (Å²) in [7, 11) is 0. The minimum atomic E-state index is 0.138. The van der Waals surface area contributed by atoms with Gasteiger partial charge in [-0.15, -0.1) is 0 Å². The predicted molar refractivity (Wildman–Crippen MR) is 126 cm³/mol. The Labute approximate surface area is 183 Å². The molecule has 3 aromatic rings. The summed E-state index contributed by atoms with van der Waals surface area (Å²) in [5.41, 5.74) is 4.70. The van der Waals surface area contributed by atoms with Gasteiger partial charge >= 0.3 is 0 Å². The number of anilines is 1. The maximum absolute atomic E-state index is 5.99. The molecule has 0 unspecified atom stereocenters. The van der Waals surface area contributed by atoms with E-state index in [2.05, 4.69) is 66.3 Å². The van der Waals surface area contributed by atoms with Crippen molar-refractivity contribution in [1.82, 2.24) is 9.88 Å². The van der Waals surface area contributed by atoms with Crippen LogP contribution in [0.25, 0.3) is 0 Å². The number of hydrogen-bond acceptors (Lipinski definition) is 2. The zero-order valence-electron chi connectivity index (χ0n) is 17.0. The number of aromatic nitrogens is 1. The third-order valence-electron chi connectivity index (χ3n) is 4.67. The molecular weight excluding hydrogens is 398 g/mol. The van der Waals surface area contributed by atoms with Gasteiger partial charge in [-0.05, 0) is 64.7 Å². The highest BCUT2D eigenvalue weighted by molar-refractivity contribution is 7.80. The second-order valence-electron chi connectivity index (χ2n) is 8.10. The van der Waals surface area contributed by atoms with E-state index >= 15 is 0 Å². The van der Waals surface area contributed by atoms with Crippen LogP contribution in [-0.4, -0.2) is 15.0 Å². The first-order valence-electron chi connectivity index (χ1n) is 9.61. The van der Waals surface area contributed by atoms with Gasteiger partial charge in [0.25, 0.3) is 0 Å². The van der Waals surface area contributed by atoms with Crippen molar-refractivity contribution in [3.05, 3.63) is 94.8 Å². The quantitative estimate of drug-likeness (QED) is 0.478. The van der Waals surface area contributed by atoms with Crippen LogP contribution in [0.1, 0.15) is 37.5 Å². The van der Waals surface area contributed by atoms with E-state index in [0.717, 1.165) is 11.3 Å². The Morgan fingerprint density at radius 3 is 2.21 bits per heavy atom. The highest BCUT2D eigenvalue weighted by Crippen LogP contribution is 2.23. The van der Waals surface area contributed by atoms with Crippen LogP contribution in [0, 0.1) is 0 Å². The van der Waals surface area contributed by atoms with Crippen molar-refractivity contribution in [3.63, 3.8) is 0 Å². The molecular formula is C24H26ClN3S. The van der Waals surface area contributed by atoms with Crippen molar-refractivity contribution in [3.8, 4) is 0 Å². The molecule has 0 saturated heterocycles. The molecule has 0 saturated carbocycles. The first-order valence-corrected chi connectivity index (χ1v) is 10.4. The molecule has 0 bridgehead atoms. The molecule has 1 aromatic heterocycles. The minimum Gasteiger partial charge on any atom is -0.340 e. The number of nitrogens with zero attached hydrogens (tertiary/aromatic N) is 2. The molecule has 1 N–H and O–H groups in total. The van der Waals surface area contributed by atoms with E-state index in [1.54, 1.807) is 6.20 Å². The molecule has 0 aliphatic carbocycles. The van der Waals surface area contributed by atoms with Crippen LogP contribution in [-0.2, 0) is 18.5 Å². The summed E-state index contributed by atoms with van der Waals surface area (Å²) in [6.07, 6.45) is 3.66. The van der Waals surface area contributed by atoms with Crippen LogP contribution in [0.3, 0.4) is 0 Å². The van der Waals surface area contributed by atoms with Crippen molar-refractivity contribution >= 4 is 34.6 Å². The molecule has 29 heavy (non-hydrogen) atoms. The number of halogens is 1. The zero-order chi connectivity index (χ0) is 20.9. The number of rotatable bonds is 5. The SMILES string of the molecule is CC(C)(C)c1ccc(CN(Cc2cccnc2)C(=S)Nc2ccc(Cl)cc2)cc1. The Bertz CT molecular complexity index is 933. The Hall–Kier alpha value is -2.43. The fraction of sp³-hybridized carbons (Fsp3) is 0.250. The maximum atomic E-state index is 5.99. The lowest BCUT2D eigenvalue weighted by Crippen LogP contribution is -2.33. The summed E-state index contributed by atoms with van der Waals surface area (Å²) in [5, 5.41) is 4.69. The van der Waals surface area contributed by atoms with Crippen LogP contribution in [0.2, 0.25) is 5.02 Å². The van der Waals surface area contributed by atoms with E-state index in [4.69, 9.17) is 23.8 Å². The van der Waals surface area contributed by atoms with Gasteiger partial charge in [0.05, 0.1) is 0 Å². The standard InChI is InChI=1S/C24H26ClN3S/c1-24(2,3)20-8-6-18(7-9-20)16-28(17-19-5-4-14-26-15-19)23(29)27-22-12-10-21(25)11-13-22/h4-15H,16-17H2,1-3H3,(H,27,29). The minimum absolute atomic E-state index is 0.138. The Morgan fingerprint density at radius 2 is 1.62 bits per heavy atom. The maximum Gasteiger partial charge on any atom is 0.174 e. The summed E-state index contributed by atoms with van der Waals surface area (Å²) in [6.45, 7) is 8.05. The Kier molecular flexibility index (Phi) is 6.88. The van der Waals surface area contributed by atoms with Gasteiger partial charge in [0, 0.05) is 36.2 Å². The highest BCUT2D eigenvalue weighted by atomic mass is 35.5. The van der Waals surface area contributed by atoms with Crippen molar-refractivity contribution in [1.29, 1.82) is 0 Å². The lowest BCUT2D eigenvalue weighted by molar-refractivity contribution is 0.412. The molecule has 2 aromatic carbocycles. The summed E-state index contributed by atoms with van der Waals surface area (Å²) in [6, 6.07) is 20.3. The van der Waals surface area contributed by atoms with Crippen LogP contribution in [0.4, 0.5) is 5.69 Å². The van der Waals surface area contributed by atoms with Crippen molar-refractivity contribution < 1.29 is 0 Å². The summed E-state index contributed by atoms with van der Waals surface area (Å²) >= 11 is 11.7. The van der Waals surface area contributed by atoms with E-state index in [-0.39, 0.29) is 5.41 Å². The van der Waals surface area contributed by atoms with Gasteiger partial charge in [-0.25, -0.2) is 0 Å². The summed E-state index contributed by atoms with van der Waals surface area (Å²) in [5.74, 6) is 0. The molecule has 0 spiro atoms. The van der Waals surface area contributed by atoms with Gasteiger partial charge < -0.3 is 10.2 Å². The van der Waals surface area contributed by atoms with Crippen LogP contribution in [0.5, 0.6) is 0 Å². The van der Waals surface area contributed by atoms with Crippen molar-refractivity contribution in [2.45, 2.75) is 39.3 Å². The van der Waals surface area contributed by atoms with Gasteiger partial charge in [0.2, 0.25) is 0 Å². The Balaban J connectivity index is 1.78. The molecule has 150 valence electrons. The predicted octanol–water partition coefficient (Wildman–Crippen LogP) is 6.43. The van der Waals surface area contributed by atoms with Crippen LogP contribution >= 0.6 is 23.8 Å².